The lowest BCUT2D eigenvalue weighted by Crippen LogP contribution is -2.43. The molecule has 0 amide bonds. The zero-order valence-corrected chi connectivity index (χ0v) is 9.80. The molecular formula is C11H11ClFN3O. The van der Waals surface area contributed by atoms with Crippen LogP contribution in [0.3, 0.4) is 0 Å². The van der Waals surface area contributed by atoms with Crippen molar-refractivity contribution in [1.29, 1.82) is 0 Å². The van der Waals surface area contributed by atoms with Crippen molar-refractivity contribution in [2.45, 2.75) is 0 Å². The van der Waals surface area contributed by atoms with E-state index in [0.717, 1.165) is 26.2 Å². The molecule has 3 rings (SSSR count). The maximum atomic E-state index is 13.3. The van der Waals surface area contributed by atoms with E-state index in [2.05, 4.69) is 10.3 Å². The Balaban J connectivity index is 2.00. The number of nitrogens with one attached hydrogen (secondary N) is 1. The second kappa shape index (κ2) is 4.16. The first-order valence-corrected chi connectivity index (χ1v) is 5.83. The Bertz CT molecular complexity index is 512. The second-order valence-electron chi connectivity index (χ2n) is 3.97. The maximum absolute atomic E-state index is 13.3. The molecule has 0 bridgehead atoms. The predicted molar refractivity (Wildman–Crippen MR) is 64.1 cm³/mol. The van der Waals surface area contributed by atoms with Crippen molar-refractivity contribution in [3.8, 4) is 0 Å². The fourth-order valence-electron chi connectivity index (χ4n) is 1.90. The molecule has 1 aliphatic heterocycles. The van der Waals surface area contributed by atoms with Gasteiger partial charge in [0.05, 0.1) is 5.02 Å². The van der Waals surface area contributed by atoms with Crippen LogP contribution < -0.4 is 10.2 Å². The van der Waals surface area contributed by atoms with Gasteiger partial charge in [0, 0.05) is 38.3 Å². The van der Waals surface area contributed by atoms with E-state index in [9.17, 15) is 4.39 Å². The molecule has 0 aliphatic carbocycles. The van der Waals surface area contributed by atoms with E-state index in [4.69, 9.17) is 16.0 Å². The molecule has 0 spiro atoms. The van der Waals surface area contributed by atoms with Crippen molar-refractivity contribution in [1.82, 2.24) is 10.3 Å². The summed E-state index contributed by atoms with van der Waals surface area (Å²) in [4.78, 5) is 6.30. The van der Waals surface area contributed by atoms with E-state index in [1.54, 1.807) is 0 Å². The molecular weight excluding hydrogens is 245 g/mol. The monoisotopic (exact) mass is 255 g/mol. The Labute approximate surface area is 102 Å². The summed E-state index contributed by atoms with van der Waals surface area (Å²) in [6, 6.07) is 3.29. The normalized spacial score (nSPS) is 16.7. The summed E-state index contributed by atoms with van der Waals surface area (Å²) >= 11 is 5.70. The third-order valence-corrected chi connectivity index (χ3v) is 3.10. The number of rotatable bonds is 1. The third-order valence-electron chi connectivity index (χ3n) is 2.81. The van der Waals surface area contributed by atoms with Crippen molar-refractivity contribution in [3.63, 3.8) is 0 Å². The van der Waals surface area contributed by atoms with Gasteiger partial charge in [-0.2, -0.15) is 4.98 Å². The van der Waals surface area contributed by atoms with Gasteiger partial charge in [-0.3, -0.25) is 0 Å². The van der Waals surface area contributed by atoms with Crippen molar-refractivity contribution < 1.29 is 8.81 Å². The van der Waals surface area contributed by atoms with Gasteiger partial charge in [0.2, 0.25) is 0 Å². The fraction of sp³-hybridized carbons (Fsp3) is 0.364. The van der Waals surface area contributed by atoms with Crippen LogP contribution >= 0.6 is 11.6 Å². The summed E-state index contributed by atoms with van der Waals surface area (Å²) in [5.41, 5.74) is 1.02. The van der Waals surface area contributed by atoms with Gasteiger partial charge in [-0.25, -0.2) is 4.39 Å². The number of fused-ring (bicyclic) bond motifs is 1. The standard InChI is InChI=1S/C11H11ClFN3O/c12-7-5-10-9(6-8(7)13)15-11(17-10)16-3-1-14-2-4-16/h5-6,14H,1-4H2. The van der Waals surface area contributed by atoms with Crippen molar-refractivity contribution >= 4 is 28.7 Å². The molecule has 0 unspecified atom stereocenters. The summed E-state index contributed by atoms with van der Waals surface area (Å²) in [5, 5.41) is 3.30. The highest BCUT2D eigenvalue weighted by atomic mass is 35.5. The van der Waals surface area contributed by atoms with E-state index < -0.39 is 5.82 Å². The van der Waals surface area contributed by atoms with Crippen LogP contribution in [-0.4, -0.2) is 31.2 Å². The average molecular weight is 256 g/mol. The molecule has 1 saturated heterocycles. The smallest absolute Gasteiger partial charge is 0.298 e. The zero-order chi connectivity index (χ0) is 11.8. The van der Waals surface area contributed by atoms with Gasteiger partial charge in [-0.15, -0.1) is 0 Å². The number of anilines is 1. The summed E-state index contributed by atoms with van der Waals surface area (Å²) in [7, 11) is 0. The number of hydrogen-bond acceptors (Lipinski definition) is 4. The molecule has 2 aromatic rings. The fourth-order valence-corrected chi connectivity index (χ4v) is 2.06. The molecule has 90 valence electrons. The molecule has 4 nitrogen and oxygen atoms in total. The van der Waals surface area contributed by atoms with Gasteiger partial charge in [0.1, 0.15) is 11.3 Å². The number of halogens is 2. The minimum Gasteiger partial charge on any atom is -0.423 e. The second-order valence-corrected chi connectivity index (χ2v) is 4.37. The van der Waals surface area contributed by atoms with E-state index in [1.165, 1.54) is 12.1 Å². The lowest BCUT2D eigenvalue weighted by molar-refractivity contribution is 0.517. The lowest BCUT2D eigenvalue weighted by atomic mass is 10.3. The highest BCUT2D eigenvalue weighted by Gasteiger charge is 2.17. The van der Waals surface area contributed by atoms with Crippen LogP contribution in [0, 0.1) is 5.82 Å². The summed E-state index contributed by atoms with van der Waals surface area (Å²) in [5.74, 6) is -0.473. The molecule has 0 atom stereocenters. The van der Waals surface area contributed by atoms with Gasteiger partial charge in [-0.1, -0.05) is 11.6 Å². The SMILES string of the molecule is Fc1cc2nc(N3CCNCC3)oc2cc1Cl. The topological polar surface area (TPSA) is 41.3 Å². The van der Waals surface area contributed by atoms with E-state index in [-0.39, 0.29) is 5.02 Å². The first kappa shape index (κ1) is 10.8. The van der Waals surface area contributed by atoms with Crippen molar-refractivity contribution in [2.24, 2.45) is 0 Å². The Morgan fingerprint density at radius 3 is 2.88 bits per heavy atom. The van der Waals surface area contributed by atoms with Crippen molar-refractivity contribution in [2.75, 3.05) is 31.1 Å². The molecule has 1 aromatic heterocycles. The van der Waals surface area contributed by atoms with Crippen LogP contribution in [0.1, 0.15) is 0 Å². The molecule has 1 aromatic carbocycles. The molecule has 2 heterocycles. The average Bonchev–Trinajstić information content (AvgIpc) is 2.74. The summed E-state index contributed by atoms with van der Waals surface area (Å²) < 4.78 is 18.8. The van der Waals surface area contributed by atoms with E-state index >= 15 is 0 Å². The van der Waals surface area contributed by atoms with Crippen LogP contribution in [-0.2, 0) is 0 Å². The van der Waals surface area contributed by atoms with Gasteiger partial charge in [0.15, 0.2) is 5.58 Å². The quantitative estimate of drug-likeness (QED) is 0.847. The van der Waals surface area contributed by atoms with Gasteiger partial charge in [0.25, 0.3) is 6.01 Å². The van der Waals surface area contributed by atoms with Crippen LogP contribution in [0.15, 0.2) is 16.5 Å². The predicted octanol–water partition coefficient (Wildman–Crippen LogP) is 2.03. The van der Waals surface area contributed by atoms with Gasteiger partial charge in [-0.05, 0) is 0 Å². The number of oxazole rings is 1. The Morgan fingerprint density at radius 2 is 2.12 bits per heavy atom. The first-order valence-electron chi connectivity index (χ1n) is 5.45. The highest BCUT2D eigenvalue weighted by molar-refractivity contribution is 6.31. The van der Waals surface area contributed by atoms with Crippen LogP contribution in [0.25, 0.3) is 11.1 Å². The number of hydrogen-bond donors (Lipinski definition) is 1. The lowest BCUT2D eigenvalue weighted by Gasteiger charge is -2.25. The Morgan fingerprint density at radius 1 is 1.35 bits per heavy atom. The van der Waals surface area contributed by atoms with Gasteiger partial charge < -0.3 is 14.6 Å². The van der Waals surface area contributed by atoms with E-state index in [1.807, 2.05) is 4.90 Å². The van der Waals surface area contributed by atoms with Gasteiger partial charge >= 0.3 is 0 Å². The van der Waals surface area contributed by atoms with Crippen LogP contribution in [0.4, 0.5) is 10.4 Å². The van der Waals surface area contributed by atoms with Crippen LogP contribution in [0.5, 0.6) is 0 Å². The van der Waals surface area contributed by atoms with Crippen LogP contribution in [0.2, 0.25) is 5.02 Å². The Hall–Kier alpha value is -1.33. The maximum Gasteiger partial charge on any atom is 0.298 e. The Kier molecular flexibility index (Phi) is 2.64. The largest absolute Gasteiger partial charge is 0.423 e. The molecule has 1 N–H and O–H groups in total. The van der Waals surface area contributed by atoms with Crippen molar-refractivity contribution in [3.05, 3.63) is 23.0 Å². The molecule has 17 heavy (non-hydrogen) atoms. The molecule has 6 heteroatoms. The molecule has 1 aliphatic rings. The summed E-state index contributed by atoms with van der Waals surface area (Å²) in [6.45, 7) is 3.47. The minimum absolute atomic E-state index is 0.0560. The number of aromatic nitrogens is 1. The molecule has 0 radical (unpaired) electrons. The van der Waals surface area contributed by atoms with E-state index in [0.29, 0.717) is 17.1 Å². The first-order chi connectivity index (χ1) is 8.24. The number of benzene rings is 1. The zero-order valence-electron chi connectivity index (χ0n) is 9.04. The number of piperazine rings is 1. The minimum atomic E-state index is -0.473. The highest BCUT2D eigenvalue weighted by Crippen LogP contribution is 2.26. The number of nitrogens with zero attached hydrogens (tertiary/aromatic N) is 2. The molecule has 1 fully saturated rings. The molecule has 0 saturated carbocycles. The summed E-state index contributed by atoms with van der Waals surface area (Å²) in [6.07, 6.45) is 0. The third kappa shape index (κ3) is 1.96.